The summed E-state index contributed by atoms with van der Waals surface area (Å²) in [5, 5.41) is 25.1. The van der Waals surface area contributed by atoms with Gasteiger partial charge < -0.3 is 4.42 Å². The molecule has 42 heavy (non-hydrogen) atoms. The van der Waals surface area contributed by atoms with Gasteiger partial charge in [0.15, 0.2) is 0 Å². The van der Waals surface area contributed by atoms with Crippen molar-refractivity contribution in [3.05, 3.63) is 132 Å². The van der Waals surface area contributed by atoms with Crippen molar-refractivity contribution in [2.24, 2.45) is 0 Å². The molecule has 0 radical (unpaired) electrons. The Hall–Kier alpha value is -5.68. The van der Waals surface area contributed by atoms with Gasteiger partial charge in [-0.25, -0.2) is 0 Å². The van der Waals surface area contributed by atoms with Crippen LogP contribution < -0.4 is 0 Å². The van der Waals surface area contributed by atoms with Crippen LogP contribution in [-0.4, -0.2) is 0 Å². The molecule has 0 unspecified atom stereocenters. The van der Waals surface area contributed by atoms with E-state index in [4.69, 9.17) is 4.42 Å². The molecule has 0 saturated carbocycles. The van der Waals surface area contributed by atoms with Crippen LogP contribution in [0.5, 0.6) is 0 Å². The number of thiophene rings is 1. The number of nitrogens with zero attached hydrogens (tertiary/aromatic N) is 2. The average molecular weight is 553 g/mol. The van der Waals surface area contributed by atoms with Gasteiger partial charge in [-0.05, 0) is 59.2 Å². The molecule has 8 aromatic rings. The molecule has 2 aromatic heterocycles. The molecule has 6 aromatic carbocycles. The Balaban J connectivity index is 1.45. The monoisotopic (exact) mass is 552 g/mol. The highest BCUT2D eigenvalue weighted by atomic mass is 32.1. The summed E-state index contributed by atoms with van der Waals surface area (Å²) >= 11 is 1.78. The Morgan fingerprint density at radius 3 is 2.10 bits per heavy atom. The Labute approximate surface area is 245 Å². The second kappa shape index (κ2) is 9.46. The van der Waals surface area contributed by atoms with Gasteiger partial charge in [0.2, 0.25) is 0 Å². The maximum absolute atomic E-state index is 10.6. The summed E-state index contributed by atoms with van der Waals surface area (Å²) in [5.41, 5.74) is 7.93. The van der Waals surface area contributed by atoms with Crippen molar-refractivity contribution in [1.82, 2.24) is 0 Å². The molecule has 0 aliphatic rings. The molecule has 0 aliphatic carbocycles. The van der Waals surface area contributed by atoms with Crippen LogP contribution in [0, 0.1) is 22.7 Å². The first-order chi connectivity index (χ1) is 20.7. The number of furan rings is 1. The van der Waals surface area contributed by atoms with Crippen LogP contribution in [0.1, 0.15) is 11.1 Å². The molecule has 4 heteroatoms. The molecule has 0 bridgehead atoms. The molecule has 8 rings (SSSR count). The third kappa shape index (κ3) is 3.64. The van der Waals surface area contributed by atoms with Crippen molar-refractivity contribution in [3.63, 3.8) is 0 Å². The van der Waals surface area contributed by atoms with Crippen LogP contribution in [0.3, 0.4) is 0 Å². The van der Waals surface area contributed by atoms with Gasteiger partial charge in [-0.1, -0.05) is 78.9 Å². The lowest BCUT2D eigenvalue weighted by atomic mass is 9.86. The predicted octanol–water partition coefficient (Wildman–Crippen LogP) is 10.7. The van der Waals surface area contributed by atoms with Crippen LogP contribution in [0.4, 0.5) is 0 Å². The lowest BCUT2D eigenvalue weighted by molar-refractivity contribution is 0.669. The molecule has 0 spiro atoms. The maximum atomic E-state index is 10.6. The van der Waals surface area contributed by atoms with Gasteiger partial charge in [0, 0.05) is 47.6 Å². The van der Waals surface area contributed by atoms with Gasteiger partial charge in [-0.3, -0.25) is 0 Å². The fraction of sp³-hybridized carbons (Fsp3) is 0. The van der Waals surface area contributed by atoms with Crippen LogP contribution in [0.2, 0.25) is 0 Å². The number of benzene rings is 6. The molecule has 0 N–H and O–H groups in total. The molecule has 2 heterocycles. The van der Waals surface area contributed by atoms with Crippen molar-refractivity contribution < 1.29 is 4.42 Å². The summed E-state index contributed by atoms with van der Waals surface area (Å²) in [6.45, 7) is 0. The molecule has 194 valence electrons. The normalized spacial score (nSPS) is 11.3. The van der Waals surface area contributed by atoms with E-state index in [1.54, 1.807) is 17.4 Å². The number of para-hydroxylation sites is 1. The predicted molar refractivity (Wildman–Crippen MR) is 172 cm³/mol. The number of hydrogen-bond acceptors (Lipinski definition) is 4. The van der Waals surface area contributed by atoms with E-state index in [1.165, 1.54) is 20.2 Å². The third-order valence-corrected chi connectivity index (χ3v) is 9.21. The zero-order chi connectivity index (χ0) is 28.2. The standard InChI is InChI=1S/C38H20N2OS/c39-21-24-8-1-2-9-26(24)33-19-25(27-12-7-13-31-30-11-4-6-15-37(30)42-38(27)31)18-32(34(33)22-40)23-16-17-29-28-10-3-5-14-35(28)41-36(29)20-23/h1-20H. The number of nitriles is 2. The third-order valence-electron chi connectivity index (χ3n) is 7.99. The lowest BCUT2D eigenvalue weighted by Gasteiger charge is -2.15. The number of hydrogen-bond donors (Lipinski definition) is 0. The first-order valence-corrected chi connectivity index (χ1v) is 14.4. The van der Waals surface area contributed by atoms with Crippen LogP contribution in [0.25, 0.3) is 75.5 Å². The number of rotatable bonds is 3. The fourth-order valence-electron chi connectivity index (χ4n) is 6.04. The first kappa shape index (κ1) is 24.1. The van der Waals surface area contributed by atoms with E-state index in [0.717, 1.165) is 55.3 Å². The SMILES string of the molecule is N#Cc1ccccc1-c1cc(-c2cccc3c2sc2ccccc23)cc(-c2ccc3c(c2)oc2ccccc23)c1C#N. The molecule has 3 nitrogen and oxygen atoms in total. The molecule has 0 aliphatic heterocycles. The van der Waals surface area contributed by atoms with Gasteiger partial charge in [0.25, 0.3) is 0 Å². The van der Waals surface area contributed by atoms with E-state index in [2.05, 4.69) is 84.9 Å². The van der Waals surface area contributed by atoms with Crippen LogP contribution in [0.15, 0.2) is 126 Å². The summed E-state index contributed by atoms with van der Waals surface area (Å²) in [5.74, 6) is 0. The van der Waals surface area contributed by atoms with E-state index in [0.29, 0.717) is 11.1 Å². The van der Waals surface area contributed by atoms with Crippen molar-refractivity contribution in [2.45, 2.75) is 0 Å². The van der Waals surface area contributed by atoms with Crippen molar-refractivity contribution >= 4 is 53.4 Å². The van der Waals surface area contributed by atoms with Crippen LogP contribution in [-0.2, 0) is 0 Å². The fourth-order valence-corrected chi connectivity index (χ4v) is 7.28. The summed E-state index contributed by atoms with van der Waals surface area (Å²) in [7, 11) is 0. The Kier molecular flexibility index (Phi) is 5.44. The quantitative estimate of drug-likeness (QED) is 0.219. The molecule has 0 amide bonds. The van der Waals surface area contributed by atoms with E-state index >= 15 is 0 Å². The molecule has 0 fully saturated rings. The lowest BCUT2D eigenvalue weighted by Crippen LogP contribution is -1.94. The summed E-state index contributed by atoms with van der Waals surface area (Å²) in [6.07, 6.45) is 0. The summed E-state index contributed by atoms with van der Waals surface area (Å²) < 4.78 is 8.65. The van der Waals surface area contributed by atoms with Gasteiger partial charge in [-0.2, -0.15) is 10.5 Å². The highest BCUT2D eigenvalue weighted by Crippen LogP contribution is 2.44. The van der Waals surface area contributed by atoms with Crippen molar-refractivity contribution in [1.29, 1.82) is 10.5 Å². The second-order valence-corrected chi connectivity index (χ2v) is 11.4. The van der Waals surface area contributed by atoms with Gasteiger partial charge in [0.1, 0.15) is 17.2 Å². The van der Waals surface area contributed by atoms with Crippen molar-refractivity contribution in [2.75, 3.05) is 0 Å². The highest BCUT2D eigenvalue weighted by molar-refractivity contribution is 7.26. The second-order valence-electron chi connectivity index (χ2n) is 10.3. The molecule has 0 atom stereocenters. The molecular formula is C38H20N2OS. The number of fused-ring (bicyclic) bond motifs is 6. The first-order valence-electron chi connectivity index (χ1n) is 13.6. The summed E-state index contributed by atoms with van der Waals surface area (Å²) in [4.78, 5) is 0. The zero-order valence-electron chi connectivity index (χ0n) is 22.3. The van der Waals surface area contributed by atoms with E-state index in [-0.39, 0.29) is 0 Å². The molecular weight excluding hydrogens is 532 g/mol. The maximum Gasteiger partial charge on any atom is 0.136 e. The topological polar surface area (TPSA) is 60.7 Å². The smallest absolute Gasteiger partial charge is 0.136 e. The minimum atomic E-state index is 0.528. The zero-order valence-corrected chi connectivity index (χ0v) is 23.1. The van der Waals surface area contributed by atoms with Crippen molar-refractivity contribution in [3.8, 4) is 45.5 Å². The Morgan fingerprint density at radius 1 is 0.500 bits per heavy atom. The average Bonchev–Trinajstić information content (AvgIpc) is 3.62. The largest absolute Gasteiger partial charge is 0.456 e. The molecule has 0 saturated heterocycles. The van der Waals surface area contributed by atoms with E-state index < -0.39 is 0 Å². The van der Waals surface area contributed by atoms with Gasteiger partial charge in [-0.15, -0.1) is 11.3 Å². The minimum Gasteiger partial charge on any atom is -0.456 e. The Bertz CT molecular complexity index is 2450. The minimum absolute atomic E-state index is 0.528. The van der Waals surface area contributed by atoms with E-state index in [1.807, 2.05) is 42.5 Å². The van der Waals surface area contributed by atoms with Gasteiger partial charge >= 0.3 is 0 Å². The summed E-state index contributed by atoms with van der Waals surface area (Å²) in [6, 6.07) is 45.5. The Morgan fingerprint density at radius 2 is 1.21 bits per heavy atom. The van der Waals surface area contributed by atoms with Crippen LogP contribution >= 0.6 is 11.3 Å². The highest BCUT2D eigenvalue weighted by Gasteiger charge is 2.20. The van der Waals surface area contributed by atoms with Gasteiger partial charge in [0.05, 0.1) is 17.2 Å². The van der Waals surface area contributed by atoms with E-state index in [9.17, 15) is 10.5 Å².